The summed E-state index contributed by atoms with van der Waals surface area (Å²) >= 11 is 3.30. The van der Waals surface area contributed by atoms with E-state index in [-0.39, 0.29) is 0 Å². The summed E-state index contributed by atoms with van der Waals surface area (Å²) in [5.74, 6) is 0.820. The first kappa shape index (κ1) is 13.4. The van der Waals surface area contributed by atoms with Gasteiger partial charge in [-0.25, -0.2) is 9.67 Å². The molecule has 0 fully saturated rings. The highest BCUT2D eigenvalue weighted by Crippen LogP contribution is 2.21. The molecule has 1 N–H and O–H groups in total. The molecule has 8 heteroatoms. The summed E-state index contributed by atoms with van der Waals surface area (Å²) in [6.07, 6.45) is 0. The summed E-state index contributed by atoms with van der Waals surface area (Å²) in [7, 11) is 0. The summed E-state index contributed by atoms with van der Waals surface area (Å²) in [6.45, 7) is 6.72. The van der Waals surface area contributed by atoms with Gasteiger partial charge in [-0.05, 0) is 23.9 Å². The van der Waals surface area contributed by atoms with E-state index in [0.29, 0.717) is 0 Å². The van der Waals surface area contributed by atoms with E-state index < -0.39 is 0 Å². The first-order chi connectivity index (χ1) is 8.79. The van der Waals surface area contributed by atoms with Crippen molar-refractivity contribution in [3.05, 3.63) is 16.1 Å². The van der Waals surface area contributed by atoms with Crippen LogP contribution in [0.15, 0.2) is 10.5 Å². The molecule has 0 saturated heterocycles. The molecule has 0 amide bonds. The molecule has 0 unspecified atom stereocenters. The molecule has 0 aromatic carbocycles. The highest BCUT2D eigenvalue weighted by Gasteiger charge is 2.08. The fourth-order valence-electron chi connectivity index (χ4n) is 1.40. The van der Waals surface area contributed by atoms with Crippen LogP contribution >= 0.6 is 23.1 Å². The average Bonchev–Trinajstić information content (AvgIpc) is 2.96. The zero-order chi connectivity index (χ0) is 12.8. The molecule has 0 aliphatic heterocycles. The van der Waals surface area contributed by atoms with Crippen LogP contribution in [-0.2, 0) is 12.3 Å². The maximum atomic E-state index is 4.42. The number of aryl methyl sites for hydroxylation is 1. The highest BCUT2D eigenvalue weighted by atomic mass is 32.2. The third-order valence-corrected chi connectivity index (χ3v) is 4.36. The Morgan fingerprint density at radius 1 is 1.50 bits per heavy atom. The molecule has 18 heavy (non-hydrogen) atoms. The van der Waals surface area contributed by atoms with Crippen LogP contribution in [0.2, 0.25) is 0 Å². The smallest absolute Gasteiger partial charge is 0.209 e. The van der Waals surface area contributed by atoms with Gasteiger partial charge in [0.05, 0.1) is 12.3 Å². The summed E-state index contributed by atoms with van der Waals surface area (Å²) in [5, 5.41) is 19.0. The molecule has 2 aromatic heterocycles. The Kier molecular flexibility index (Phi) is 5.09. The SMILES string of the molecule is CCNCCn1nnnc1SCc1nc(C)cs1. The summed E-state index contributed by atoms with van der Waals surface area (Å²) < 4.78 is 1.83. The van der Waals surface area contributed by atoms with Crippen molar-refractivity contribution in [3.8, 4) is 0 Å². The number of thiazole rings is 1. The Hall–Kier alpha value is -0.990. The maximum absolute atomic E-state index is 4.42. The van der Waals surface area contributed by atoms with Crippen LogP contribution in [0.5, 0.6) is 0 Å². The second-order valence-electron chi connectivity index (χ2n) is 3.71. The van der Waals surface area contributed by atoms with Gasteiger partial charge in [-0.15, -0.1) is 16.4 Å². The van der Waals surface area contributed by atoms with Gasteiger partial charge in [-0.1, -0.05) is 18.7 Å². The van der Waals surface area contributed by atoms with Crippen LogP contribution in [0.3, 0.4) is 0 Å². The van der Waals surface area contributed by atoms with Gasteiger partial charge in [0.1, 0.15) is 5.01 Å². The molecule has 0 aliphatic carbocycles. The Morgan fingerprint density at radius 3 is 3.11 bits per heavy atom. The second-order valence-corrected chi connectivity index (χ2v) is 5.59. The van der Waals surface area contributed by atoms with Crippen LogP contribution in [0.4, 0.5) is 0 Å². The van der Waals surface area contributed by atoms with E-state index in [0.717, 1.165) is 41.2 Å². The standard InChI is InChI=1S/C10H16N6S2/c1-3-11-4-5-16-10(13-14-15-16)18-7-9-12-8(2)6-17-9/h6,11H,3-5,7H2,1-2H3. The fraction of sp³-hybridized carbons (Fsp3) is 0.600. The van der Waals surface area contributed by atoms with Crippen molar-refractivity contribution in [1.29, 1.82) is 0 Å². The molecule has 98 valence electrons. The van der Waals surface area contributed by atoms with E-state index in [4.69, 9.17) is 0 Å². The lowest BCUT2D eigenvalue weighted by atomic mass is 10.6. The molecular formula is C10H16N6S2. The van der Waals surface area contributed by atoms with Gasteiger partial charge in [-0.2, -0.15) is 0 Å². The van der Waals surface area contributed by atoms with Gasteiger partial charge in [0.2, 0.25) is 5.16 Å². The second kappa shape index (κ2) is 6.81. The number of aromatic nitrogens is 5. The van der Waals surface area contributed by atoms with Gasteiger partial charge in [0, 0.05) is 17.6 Å². The number of thioether (sulfide) groups is 1. The van der Waals surface area contributed by atoms with Crippen molar-refractivity contribution in [2.24, 2.45) is 0 Å². The zero-order valence-electron chi connectivity index (χ0n) is 10.5. The number of hydrogen-bond donors (Lipinski definition) is 1. The number of likely N-dealkylation sites (N-methyl/N-ethyl adjacent to an activating group) is 1. The molecule has 0 bridgehead atoms. The number of hydrogen-bond acceptors (Lipinski definition) is 7. The average molecular weight is 284 g/mol. The van der Waals surface area contributed by atoms with Crippen molar-refractivity contribution >= 4 is 23.1 Å². The third-order valence-electron chi connectivity index (χ3n) is 2.24. The Bertz CT molecular complexity index is 480. The molecule has 2 heterocycles. The van der Waals surface area contributed by atoms with Crippen LogP contribution in [0.25, 0.3) is 0 Å². The monoisotopic (exact) mass is 284 g/mol. The molecule has 0 atom stereocenters. The van der Waals surface area contributed by atoms with Crippen LogP contribution in [-0.4, -0.2) is 38.3 Å². The Balaban J connectivity index is 1.87. The molecular weight excluding hydrogens is 268 g/mol. The molecule has 0 saturated carbocycles. The van der Waals surface area contributed by atoms with Gasteiger partial charge in [0.25, 0.3) is 0 Å². The lowest BCUT2D eigenvalue weighted by Crippen LogP contribution is -2.20. The number of tetrazole rings is 1. The summed E-state index contributed by atoms with van der Waals surface area (Å²) in [5.41, 5.74) is 1.07. The number of rotatable bonds is 7. The molecule has 6 nitrogen and oxygen atoms in total. The molecule has 0 radical (unpaired) electrons. The first-order valence-corrected chi connectivity index (χ1v) is 7.66. The fourth-order valence-corrected chi connectivity index (χ4v) is 3.09. The number of nitrogens with one attached hydrogen (secondary N) is 1. The largest absolute Gasteiger partial charge is 0.315 e. The van der Waals surface area contributed by atoms with Gasteiger partial charge >= 0.3 is 0 Å². The Labute approximate surface area is 114 Å². The highest BCUT2D eigenvalue weighted by molar-refractivity contribution is 7.98. The molecule has 2 rings (SSSR count). The minimum atomic E-state index is 0.792. The minimum Gasteiger partial charge on any atom is -0.315 e. The third kappa shape index (κ3) is 3.76. The van der Waals surface area contributed by atoms with E-state index in [1.54, 1.807) is 23.1 Å². The van der Waals surface area contributed by atoms with E-state index >= 15 is 0 Å². The molecule has 0 aliphatic rings. The quantitative estimate of drug-likeness (QED) is 0.611. The molecule has 2 aromatic rings. The Morgan fingerprint density at radius 2 is 2.39 bits per heavy atom. The summed E-state index contributed by atoms with van der Waals surface area (Å²) in [4.78, 5) is 4.42. The van der Waals surface area contributed by atoms with Gasteiger partial charge < -0.3 is 5.32 Å². The van der Waals surface area contributed by atoms with Crippen LogP contribution in [0, 0.1) is 6.92 Å². The number of nitrogens with zero attached hydrogens (tertiary/aromatic N) is 5. The van der Waals surface area contributed by atoms with Crippen molar-refractivity contribution in [1.82, 2.24) is 30.5 Å². The van der Waals surface area contributed by atoms with E-state index in [1.807, 2.05) is 11.6 Å². The van der Waals surface area contributed by atoms with Crippen molar-refractivity contribution in [2.45, 2.75) is 31.3 Å². The van der Waals surface area contributed by atoms with Crippen LogP contribution < -0.4 is 5.32 Å². The maximum Gasteiger partial charge on any atom is 0.209 e. The van der Waals surface area contributed by atoms with E-state index in [9.17, 15) is 0 Å². The van der Waals surface area contributed by atoms with Crippen LogP contribution in [0.1, 0.15) is 17.6 Å². The lowest BCUT2D eigenvalue weighted by Gasteiger charge is -2.03. The normalized spacial score (nSPS) is 11.0. The lowest BCUT2D eigenvalue weighted by molar-refractivity contribution is 0.517. The topological polar surface area (TPSA) is 68.5 Å². The molecule has 0 spiro atoms. The van der Waals surface area contributed by atoms with Gasteiger partial charge in [-0.3, -0.25) is 0 Å². The predicted molar refractivity (Wildman–Crippen MR) is 72.8 cm³/mol. The van der Waals surface area contributed by atoms with Crippen molar-refractivity contribution in [2.75, 3.05) is 13.1 Å². The minimum absolute atomic E-state index is 0.792. The van der Waals surface area contributed by atoms with E-state index in [1.165, 1.54) is 0 Å². The zero-order valence-corrected chi connectivity index (χ0v) is 12.1. The first-order valence-electron chi connectivity index (χ1n) is 5.80. The van der Waals surface area contributed by atoms with Crippen molar-refractivity contribution in [3.63, 3.8) is 0 Å². The van der Waals surface area contributed by atoms with E-state index in [2.05, 4.69) is 38.1 Å². The summed E-state index contributed by atoms with van der Waals surface area (Å²) in [6, 6.07) is 0. The van der Waals surface area contributed by atoms with Crippen molar-refractivity contribution < 1.29 is 0 Å². The predicted octanol–water partition coefficient (Wildman–Crippen LogP) is 1.34. The van der Waals surface area contributed by atoms with Gasteiger partial charge in [0.15, 0.2) is 0 Å².